The van der Waals surface area contributed by atoms with Gasteiger partial charge in [-0.2, -0.15) is 4.31 Å². The summed E-state index contributed by atoms with van der Waals surface area (Å²) in [5, 5.41) is 0. The van der Waals surface area contributed by atoms with Crippen LogP contribution in [0, 0.1) is 18.2 Å². The lowest BCUT2D eigenvalue weighted by molar-refractivity contribution is 0.196. The van der Waals surface area contributed by atoms with Crippen LogP contribution in [0.15, 0.2) is 23.1 Å². The number of piperidine rings is 1. The average molecular weight is 285 g/mol. The summed E-state index contributed by atoms with van der Waals surface area (Å²) in [5.74, 6) is -0.376. The van der Waals surface area contributed by atoms with Crippen LogP contribution in [-0.2, 0) is 10.0 Å². The highest BCUT2D eigenvalue weighted by molar-refractivity contribution is 7.89. The monoisotopic (exact) mass is 285 g/mol. The first kappa shape index (κ1) is 14.5. The number of sulfonamides is 1. The number of nitrogens with zero attached hydrogens (tertiary/aromatic N) is 1. The van der Waals surface area contributed by atoms with Gasteiger partial charge in [-0.3, -0.25) is 0 Å². The molecule has 1 aliphatic heterocycles. The van der Waals surface area contributed by atoms with E-state index in [0.29, 0.717) is 18.7 Å². The Kier molecular flexibility index (Phi) is 3.71. The molecule has 1 aromatic carbocycles. The Morgan fingerprint density at radius 1 is 1.21 bits per heavy atom. The second-order valence-electron chi connectivity index (χ2n) is 5.98. The quantitative estimate of drug-likeness (QED) is 0.838. The Morgan fingerprint density at radius 3 is 2.32 bits per heavy atom. The Labute approximate surface area is 114 Å². The standard InChI is InChI=1S/C14H20FNO2S/c1-11-10-12(4-5-13(11)15)19(17,18)16-8-6-14(2,3)7-9-16/h4-5,10H,6-9H2,1-3H3. The molecule has 2 rings (SSSR count). The molecule has 0 amide bonds. The van der Waals surface area contributed by atoms with Crippen molar-refractivity contribution in [2.24, 2.45) is 5.41 Å². The maximum absolute atomic E-state index is 13.2. The van der Waals surface area contributed by atoms with Gasteiger partial charge in [-0.1, -0.05) is 13.8 Å². The van der Waals surface area contributed by atoms with E-state index in [-0.39, 0.29) is 16.1 Å². The normalized spacial score (nSPS) is 20.4. The second kappa shape index (κ2) is 4.87. The first-order chi connectivity index (χ1) is 8.72. The molecular weight excluding hydrogens is 265 g/mol. The van der Waals surface area contributed by atoms with Crippen LogP contribution in [-0.4, -0.2) is 25.8 Å². The smallest absolute Gasteiger partial charge is 0.207 e. The molecule has 106 valence electrons. The molecule has 0 atom stereocenters. The van der Waals surface area contributed by atoms with Crippen molar-refractivity contribution < 1.29 is 12.8 Å². The Bertz CT molecular complexity index is 571. The van der Waals surface area contributed by atoms with E-state index in [9.17, 15) is 12.8 Å². The number of aryl methyl sites for hydroxylation is 1. The summed E-state index contributed by atoms with van der Waals surface area (Å²) in [5.41, 5.74) is 0.559. The third-order valence-electron chi connectivity index (χ3n) is 3.84. The molecule has 0 unspecified atom stereocenters. The molecule has 0 spiro atoms. The molecule has 3 nitrogen and oxygen atoms in total. The summed E-state index contributed by atoms with van der Waals surface area (Å²) >= 11 is 0. The van der Waals surface area contributed by atoms with E-state index in [1.54, 1.807) is 6.92 Å². The van der Waals surface area contributed by atoms with Crippen LogP contribution in [0.3, 0.4) is 0 Å². The van der Waals surface area contributed by atoms with Crippen LogP contribution in [0.5, 0.6) is 0 Å². The van der Waals surface area contributed by atoms with Gasteiger partial charge in [0.05, 0.1) is 4.90 Å². The minimum atomic E-state index is -3.48. The molecule has 0 radical (unpaired) electrons. The Hall–Kier alpha value is -0.940. The van der Waals surface area contributed by atoms with Gasteiger partial charge in [0.25, 0.3) is 0 Å². The average Bonchev–Trinajstić information content (AvgIpc) is 2.32. The highest BCUT2D eigenvalue weighted by Gasteiger charge is 2.32. The minimum Gasteiger partial charge on any atom is -0.207 e. The number of hydrogen-bond acceptors (Lipinski definition) is 2. The lowest BCUT2D eigenvalue weighted by Gasteiger charge is -2.36. The van der Waals surface area contributed by atoms with E-state index >= 15 is 0 Å². The Morgan fingerprint density at radius 2 is 1.79 bits per heavy atom. The van der Waals surface area contributed by atoms with Gasteiger partial charge in [-0.25, -0.2) is 12.8 Å². The van der Waals surface area contributed by atoms with Crippen LogP contribution >= 0.6 is 0 Å². The van der Waals surface area contributed by atoms with Crippen LogP contribution in [0.25, 0.3) is 0 Å². The van der Waals surface area contributed by atoms with Crippen molar-refractivity contribution in [2.75, 3.05) is 13.1 Å². The van der Waals surface area contributed by atoms with Crippen molar-refractivity contribution >= 4 is 10.0 Å². The van der Waals surface area contributed by atoms with Crippen molar-refractivity contribution in [2.45, 2.75) is 38.5 Å². The largest absolute Gasteiger partial charge is 0.243 e. The van der Waals surface area contributed by atoms with E-state index in [0.717, 1.165) is 12.8 Å². The van der Waals surface area contributed by atoms with Crippen LogP contribution in [0.2, 0.25) is 0 Å². The molecule has 0 bridgehead atoms. The van der Waals surface area contributed by atoms with E-state index in [2.05, 4.69) is 13.8 Å². The van der Waals surface area contributed by atoms with E-state index in [1.807, 2.05) is 0 Å². The van der Waals surface area contributed by atoms with Crippen molar-refractivity contribution in [1.82, 2.24) is 4.31 Å². The predicted octanol–water partition coefficient (Wildman–Crippen LogP) is 2.94. The molecule has 19 heavy (non-hydrogen) atoms. The number of benzene rings is 1. The molecular formula is C14H20FNO2S. The molecule has 1 aromatic rings. The van der Waals surface area contributed by atoms with E-state index in [4.69, 9.17) is 0 Å². The minimum absolute atomic E-state index is 0.186. The topological polar surface area (TPSA) is 37.4 Å². The van der Waals surface area contributed by atoms with E-state index < -0.39 is 10.0 Å². The molecule has 1 heterocycles. The zero-order chi connectivity index (χ0) is 14.3. The molecule has 0 saturated carbocycles. The first-order valence-electron chi connectivity index (χ1n) is 6.49. The maximum atomic E-state index is 13.2. The summed E-state index contributed by atoms with van der Waals surface area (Å²) in [7, 11) is -3.48. The fraction of sp³-hybridized carbons (Fsp3) is 0.571. The summed E-state index contributed by atoms with van der Waals surface area (Å²) in [4.78, 5) is 0.186. The summed E-state index contributed by atoms with van der Waals surface area (Å²) in [6.45, 7) is 6.95. The molecule has 1 aliphatic rings. The lowest BCUT2D eigenvalue weighted by atomic mass is 9.83. The number of hydrogen-bond donors (Lipinski definition) is 0. The van der Waals surface area contributed by atoms with Gasteiger partial charge in [-0.05, 0) is 48.9 Å². The van der Waals surface area contributed by atoms with Crippen LogP contribution in [0.4, 0.5) is 4.39 Å². The second-order valence-corrected chi connectivity index (χ2v) is 7.92. The fourth-order valence-electron chi connectivity index (χ4n) is 2.26. The van der Waals surface area contributed by atoms with Gasteiger partial charge in [0.15, 0.2) is 0 Å². The zero-order valence-electron chi connectivity index (χ0n) is 11.6. The molecule has 0 aliphatic carbocycles. The summed E-state index contributed by atoms with van der Waals surface area (Å²) in [6, 6.07) is 3.97. The van der Waals surface area contributed by atoms with Crippen LogP contribution in [0.1, 0.15) is 32.3 Å². The SMILES string of the molecule is Cc1cc(S(=O)(=O)N2CCC(C)(C)CC2)ccc1F. The fourth-order valence-corrected chi connectivity index (χ4v) is 3.79. The molecule has 0 aromatic heterocycles. The third-order valence-corrected chi connectivity index (χ3v) is 5.74. The number of rotatable bonds is 2. The highest BCUT2D eigenvalue weighted by Crippen LogP contribution is 2.32. The maximum Gasteiger partial charge on any atom is 0.243 e. The van der Waals surface area contributed by atoms with Gasteiger partial charge in [-0.15, -0.1) is 0 Å². The van der Waals surface area contributed by atoms with Crippen molar-refractivity contribution in [1.29, 1.82) is 0 Å². The van der Waals surface area contributed by atoms with Crippen LogP contribution < -0.4 is 0 Å². The van der Waals surface area contributed by atoms with E-state index in [1.165, 1.54) is 22.5 Å². The van der Waals surface area contributed by atoms with Gasteiger partial charge in [0.1, 0.15) is 5.82 Å². The van der Waals surface area contributed by atoms with Gasteiger partial charge in [0.2, 0.25) is 10.0 Å². The van der Waals surface area contributed by atoms with Gasteiger partial charge in [0, 0.05) is 13.1 Å². The molecule has 1 saturated heterocycles. The predicted molar refractivity (Wildman–Crippen MR) is 72.9 cm³/mol. The summed E-state index contributed by atoms with van der Waals surface area (Å²) in [6.07, 6.45) is 1.71. The molecule has 1 fully saturated rings. The van der Waals surface area contributed by atoms with Gasteiger partial charge < -0.3 is 0 Å². The number of halogens is 1. The Balaban J connectivity index is 2.25. The molecule has 0 N–H and O–H groups in total. The third kappa shape index (κ3) is 2.98. The zero-order valence-corrected chi connectivity index (χ0v) is 12.4. The first-order valence-corrected chi connectivity index (χ1v) is 7.93. The van der Waals surface area contributed by atoms with Crippen molar-refractivity contribution in [3.05, 3.63) is 29.6 Å². The summed E-state index contributed by atoms with van der Waals surface area (Å²) < 4.78 is 39.7. The van der Waals surface area contributed by atoms with Crippen molar-refractivity contribution in [3.8, 4) is 0 Å². The highest BCUT2D eigenvalue weighted by atomic mass is 32.2. The molecule has 5 heteroatoms. The van der Waals surface area contributed by atoms with Crippen molar-refractivity contribution in [3.63, 3.8) is 0 Å². The van der Waals surface area contributed by atoms with Gasteiger partial charge >= 0.3 is 0 Å². The lowest BCUT2D eigenvalue weighted by Crippen LogP contribution is -2.41.